The third-order valence-corrected chi connectivity index (χ3v) is 4.45. The number of morpholine rings is 1. The van der Waals surface area contributed by atoms with E-state index in [-0.39, 0.29) is 18.1 Å². The molecule has 22 heavy (non-hydrogen) atoms. The summed E-state index contributed by atoms with van der Waals surface area (Å²) in [7, 11) is 0. The number of nitrogens with zero attached hydrogens (tertiary/aromatic N) is 1. The Balaban J connectivity index is 1.78. The van der Waals surface area contributed by atoms with Gasteiger partial charge in [0, 0.05) is 12.1 Å². The molecular formula is C16H18F3NO2. The zero-order valence-electron chi connectivity index (χ0n) is 12.1. The number of carbonyl (C=O) groups is 1. The van der Waals surface area contributed by atoms with Crippen LogP contribution in [0, 0.1) is 0 Å². The quantitative estimate of drug-likeness (QED) is 0.794. The van der Waals surface area contributed by atoms with Crippen molar-refractivity contribution in [1.82, 2.24) is 4.90 Å². The van der Waals surface area contributed by atoms with E-state index in [1.165, 1.54) is 12.1 Å². The van der Waals surface area contributed by atoms with E-state index in [2.05, 4.69) is 0 Å². The molecule has 1 aliphatic carbocycles. The van der Waals surface area contributed by atoms with Crippen molar-refractivity contribution in [3.05, 3.63) is 35.4 Å². The van der Waals surface area contributed by atoms with Crippen LogP contribution in [-0.2, 0) is 10.9 Å². The topological polar surface area (TPSA) is 29.5 Å². The molecule has 120 valence electrons. The van der Waals surface area contributed by atoms with Gasteiger partial charge in [-0.05, 0) is 37.1 Å². The van der Waals surface area contributed by atoms with Gasteiger partial charge >= 0.3 is 6.18 Å². The van der Waals surface area contributed by atoms with Gasteiger partial charge in [0.25, 0.3) is 5.91 Å². The van der Waals surface area contributed by atoms with Crippen molar-refractivity contribution in [2.45, 2.75) is 44.0 Å². The van der Waals surface area contributed by atoms with E-state index < -0.39 is 11.7 Å². The number of rotatable bonds is 1. The average molecular weight is 313 g/mol. The third-order valence-electron chi connectivity index (χ3n) is 4.45. The van der Waals surface area contributed by atoms with E-state index in [9.17, 15) is 18.0 Å². The molecule has 6 heteroatoms. The SMILES string of the molecule is O=C(c1ccc(C(F)(F)F)cc1)N1CCOC2CCCCC21. The largest absolute Gasteiger partial charge is 0.416 e. The van der Waals surface area contributed by atoms with Crippen molar-refractivity contribution in [2.24, 2.45) is 0 Å². The van der Waals surface area contributed by atoms with E-state index in [1.807, 2.05) is 0 Å². The van der Waals surface area contributed by atoms with Crippen molar-refractivity contribution < 1.29 is 22.7 Å². The highest BCUT2D eigenvalue weighted by Crippen LogP contribution is 2.31. The Bertz CT molecular complexity index is 539. The molecule has 1 aliphatic heterocycles. The molecule has 1 saturated heterocycles. The molecule has 1 heterocycles. The van der Waals surface area contributed by atoms with Crippen LogP contribution >= 0.6 is 0 Å². The lowest BCUT2D eigenvalue weighted by Crippen LogP contribution is -2.54. The summed E-state index contributed by atoms with van der Waals surface area (Å²) in [5, 5.41) is 0. The van der Waals surface area contributed by atoms with Gasteiger partial charge in [-0.2, -0.15) is 13.2 Å². The Kier molecular flexibility index (Phi) is 4.12. The highest BCUT2D eigenvalue weighted by molar-refractivity contribution is 5.94. The van der Waals surface area contributed by atoms with Gasteiger partial charge in [0.15, 0.2) is 0 Å². The second kappa shape index (κ2) is 5.91. The predicted octanol–water partition coefficient (Wildman–Crippen LogP) is 3.49. The molecule has 1 aromatic carbocycles. The Hall–Kier alpha value is -1.56. The number of hydrogen-bond acceptors (Lipinski definition) is 2. The Labute approximate surface area is 127 Å². The minimum absolute atomic E-state index is 0.0530. The fourth-order valence-corrected chi connectivity index (χ4v) is 3.32. The molecule has 0 bridgehead atoms. The van der Waals surface area contributed by atoms with Crippen LogP contribution < -0.4 is 0 Å². The molecule has 0 N–H and O–H groups in total. The minimum Gasteiger partial charge on any atom is -0.374 e. The van der Waals surface area contributed by atoms with E-state index in [0.717, 1.165) is 37.8 Å². The van der Waals surface area contributed by atoms with Crippen molar-refractivity contribution >= 4 is 5.91 Å². The molecule has 2 aliphatic rings. The fraction of sp³-hybridized carbons (Fsp3) is 0.562. The van der Waals surface area contributed by atoms with E-state index in [0.29, 0.717) is 18.7 Å². The standard InChI is InChI=1S/C16H18F3NO2/c17-16(18,19)12-7-5-11(6-8-12)15(21)20-9-10-22-14-4-2-1-3-13(14)20/h5-8,13-14H,1-4,9-10H2. The Morgan fingerprint density at radius 1 is 1.14 bits per heavy atom. The van der Waals surface area contributed by atoms with Crippen molar-refractivity contribution in [3.8, 4) is 0 Å². The summed E-state index contributed by atoms with van der Waals surface area (Å²) < 4.78 is 43.5. The minimum atomic E-state index is -4.38. The molecule has 3 rings (SSSR count). The van der Waals surface area contributed by atoms with Crippen LogP contribution in [0.4, 0.5) is 13.2 Å². The molecule has 0 radical (unpaired) electrons. The molecule has 2 fully saturated rings. The first kappa shape index (κ1) is 15.3. The van der Waals surface area contributed by atoms with Crippen molar-refractivity contribution in [1.29, 1.82) is 0 Å². The van der Waals surface area contributed by atoms with Crippen LogP contribution in [0.5, 0.6) is 0 Å². The average Bonchev–Trinajstić information content (AvgIpc) is 2.53. The van der Waals surface area contributed by atoms with Gasteiger partial charge in [0.2, 0.25) is 0 Å². The monoisotopic (exact) mass is 313 g/mol. The van der Waals surface area contributed by atoms with Gasteiger partial charge < -0.3 is 9.64 Å². The number of fused-ring (bicyclic) bond motifs is 1. The van der Waals surface area contributed by atoms with Crippen molar-refractivity contribution in [2.75, 3.05) is 13.2 Å². The first-order valence-corrected chi connectivity index (χ1v) is 7.56. The highest BCUT2D eigenvalue weighted by Gasteiger charge is 2.37. The summed E-state index contributed by atoms with van der Waals surface area (Å²) in [6.45, 7) is 0.995. The van der Waals surface area contributed by atoms with Crippen LogP contribution in [0.25, 0.3) is 0 Å². The van der Waals surface area contributed by atoms with Gasteiger partial charge in [-0.15, -0.1) is 0 Å². The van der Waals surface area contributed by atoms with Gasteiger partial charge in [-0.25, -0.2) is 0 Å². The van der Waals surface area contributed by atoms with Crippen LogP contribution in [0.15, 0.2) is 24.3 Å². The van der Waals surface area contributed by atoms with Gasteiger partial charge in [0.1, 0.15) is 0 Å². The van der Waals surface area contributed by atoms with Crippen LogP contribution in [0.2, 0.25) is 0 Å². The molecule has 0 spiro atoms. The number of carbonyl (C=O) groups excluding carboxylic acids is 1. The maximum atomic E-state index is 12.6. The number of hydrogen-bond donors (Lipinski definition) is 0. The Morgan fingerprint density at radius 3 is 2.50 bits per heavy atom. The summed E-state index contributed by atoms with van der Waals surface area (Å²) in [6, 6.07) is 4.51. The highest BCUT2D eigenvalue weighted by atomic mass is 19.4. The molecule has 1 saturated carbocycles. The van der Waals surface area contributed by atoms with Gasteiger partial charge in [-0.1, -0.05) is 12.8 Å². The van der Waals surface area contributed by atoms with Gasteiger partial charge in [0.05, 0.1) is 24.3 Å². The van der Waals surface area contributed by atoms with E-state index in [1.54, 1.807) is 4.90 Å². The lowest BCUT2D eigenvalue weighted by Gasteiger charge is -2.43. The molecule has 1 aromatic rings. The molecule has 2 atom stereocenters. The summed E-state index contributed by atoms with van der Waals surface area (Å²) >= 11 is 0. The lowest BCUT2D eigenvalue weighted by atomic mass is 9.89. The van der Waals surface area contributed by atoms with Gasteiger partial charge in [-0.3, -0.25) is 4.79 Å². The first-order chi connectivity index (χ1) is 10.5. The molecule has 2 unspecified atom stereocenters. The zero-order valence-corrected chi connectivity index (χ0v) is 12.1. The first-order valence-electron chi connectivity index (χ1n) is 7.56. The second-order valence-electron chi connectivity index (χ2n) is 5.83. The van der Waals surface area contributed by atoms with E-state index >= 15 is 0 Å². The smallest absolute Gasteiger partial charge is 0.374 e. The van der Waals surface area contributed by atoms with E-state index in [4.69, 9.17) is 4.74 Å². The molecule has 1 amide bonds. The summed E-state index contributed by atoms with van der Waals surface area (Å²) in [5.74, 6) is -0.200. The summed E-state index contributed by atoms with van der Waals surface area (Å²) in [5.41, 5.74) is -0.430. The lowest BCUT2D eigenvalue weighted by molar-refractivity contribution is -0.137. The number of ether oxygens (including phenoxy) is 1. The summed E-state index contributed by atoms with van der Waals surface area (Å²) in [4.78, 5) is 14.4. The number of amides is 1. The maximum absolute atomic E-state index is 12.6. The zero-order chi connectivity index (χ0) is 15.7. The fourth-order valence-electron chi connectivity index (χ4n) is 3.32. The molecule has 3 nitrogen and oxygen atoms in total. The predicted molar refractivity (Wildman–Crippen MR) is 74.5 cm³/mol. The van der Waals surface area contributed by atoms with Crippen LogP contribution in [-0.4, -0.2) is 36.1 Å². The number of halogens is 3. The van der Waals surface area contributed by atoms with Crippen molar-refractivity contribution in [3.63, 3.8) is 0 Å². The maximum Gasteiger partial charge on any atom is 0.416 e. The third kappa shape index (κ3) is 2.97. The molecule has 0 aromatic heterocycles. The van der Waals surface area contributed by atoms with Crippen LogP contribution in [0.3, 0.4) is 0 Å². The second-order valence-corrected chi connectivity index (χ2v) is 5.83. The Morgan fingerprint density at radius 2 is 1.82 bits per heavy atom. The number of benzene rings is 1. The molecular weight excluding hydrogens is 295 g/mol. The summed E-state index contributed by atoms with van der Waals surface area (Å²) in [6.07, 6.45) is -0.306. The normalized spacial score (nSPS) is 25.7. The number of alkyl halides is 3. The van der Waals surface area contributed by atoms with Crippen LogP contribution in [0.1, 0.15) is 41.6 Å².